The van der Waals surface area contributed by atoms with E-state index in [2.05, 4.69) is 35.7 Å². The summed E-state index contributed by atoms with van der Waals surface area (Å²) in [5.74, 6) is -0.148. The molecule has 0 bridgehead atoms. The molecule has 1 atom stereocenters. The normalized spacial score (nSPS) is 12.6. The number of methoxy groups -OCH3 is 1. The highest BCUT2D eigenvalue weighted by atomic mass is 19.4. The van der Waals surface area contributed by atoms with Crippen molar-refractivity contribution in [1.29, 1.82) is 0 Å². The topological polar surface area (TPSA) is 108 Å². The first-order valence-electron chi connectivity index (χ1n) is 10.8. The highest BCUT2D eigenvalue weighted by Crippen LogP contribution is 2.37. The monoisotopic (exact) mass is 495 g/mol. The summed E-state index contributed by atoms with van der Waals surface area (Å²) in [5, 5.41) is 19.5. The molecule has 0 spiro atoms. The summed E-state index contributed by atoms with van der Waals surface area (Å²) in [6, 6.07) is 10.9. The van der Waals surface area contributed by atoms with Gasteiger partial charge in [0.2, 0.25) is 5.95 Å². The van der Waals surface area contributed by atoms with Crippen molar-refractivity contribution in [1.82, 2.24) is 39.6 Å². The third-order valence-corrected chi connectivity index (χ3v) is 5.64. The Kier molecular flexibility index (Phi) is 5.96. The summed E-state index contributed by atoms with van der Waals surface area (Å²) >= 11 is 0. The zero-order valence-electron chi connectivity index (χ0n) is 19.2. The van der Waals surface area contributed by atoms with Crippen LogP contribution in [0.1, 0.15) is 17.3 Å². The lowest BCUT2D eigenvalue weighted by Gasteiger charge is -2.20. The van der Waals surface area contributed by atoms with Crippen molar-refractivity contribution in [2.45, 2.75) is 18.5 Å². The molecule has 10 nitrogen and oxygen atoms in total. The minimum atomic E-state index is -4.49. The number of aromatic nitrogens is 8. The standard InChI is InChI=1S/C23H20F3N9O/c1-34-19(8-10-28-34)31-22-27-9-7-18(30-22)15-11-20-32-33-21(35(20)29-13-15)12-17(23(24,25)26)14-3-5-16(36-2)6-4-14/h3-11,13,17H,12H2,1-2H3,(H,27,30,31). The maximum Gasteiger partial charge on any atom is 0.396 e. The molecule has 4 aromatic heterocycles. The average Bonchev–Trinajstić information content (AvgIpc) is 3.47. The number of hydrogen-bond acceptors (Lipinski definition) is 8. The molecule has 0 radical (unpaired) electrons. The molecule has 5 aromatic rings. The molecule has 0 saturated carbocycles. The van der Waals surface area contributed by atoms with E-state index in [0.29, 0.717) is 34.4 Å². The molecule has 0 aliphatic carbocycles. The molecule has 1 unspecified atom stereocenters. The molecular weight excluding hydrogens is 475 g/mol. The predicted octanol–water partition coefficient (Wildman–Crippen LogP) is 3.96. The van der Waals surface area contributed by atoms with E-state index in [-0.39, 0.29) is 11.4 Å². The minimum absolute atomic E-state index is 0.0935. The molecule has 0 amide bonds. The number of ether oxygens (including phenoxy) is 1. The molecule has 36 heavy (non-hydrogen) atoms. The van der Waals surface area contributed by atoms with Gasteiger partial charge in [-0.1, -0.05) is 12.1 Å². The Morgan fingerprint density at radius 1 is 1.03 bits per heavy atom. The third-order valence-electron chi connectivity index (χ3n) is 5.64. The van der Waals surface area contributed by atoms with E-state index in [1.807, 2.05) is 0 Å². The molecule has 0 aliphatic heterocycles. The molecule has 0 saturated heterocycles. The van der Waals surface area contributed by atoms with E-state index in [1.165, 1.54) is 42.1 Å². The maximum atomic E-state index is 13.9. The van der Waals surface area contributed by atoms with Crippen molar-refractivity contribution in [3.05, 3.63) is 72.4 Å². The summed E-state index contributed by atoms with van der Waals surface area (Å²) < 4.78 is 49.8. The number of hydrogen-bond donors (Lipinski definition) is 1. The van der Waals surface area contributed by atoms with Crippen LogP contribution in [0.5, 0.6) is 5.75 Å². The van der Waals surface area contributed by atoms with E-state index < -0.39 is 18.5 Å². The van der Waals surface area contributed by atoms with Gasteiger partial charge in [-0.15, -0.1) is 10.2 Å². The van der Waals surface area contributed by atoms with Crippen molar-refractivity contribution < 1.29 is 17.9 Å². The van der Waals surface area contributed by atoms with Gasteiger partial charge >= 0.3 is 6.18 Å². The molecule has 13 heteroatoms. The van der Waals surface area contributed by atoms with Gasteiger partial charge in [0.25, 0.3) is 0 Å². The van der Waals surface area contributed by atoms with Gasteiger partial charge in [0.05, 0.1) is 31.1 Å². The fourth-order valence-electron chi connectivity index (χ4n) is 3.74. The fourth-order valence-corrected chi connectivity index (χ4v) is 3.74. The summed E-state index contributed by atoms with van der Waals surface area (Å²) in [7, 11) is 3.24. The van der Waals surface area contributed by atoms with Gasteiger partial charge in [0.1, 0.15) is 11.6 Å². The van der Waals surface area contributed by atoms with Crippen LogP contribution in [0.2, 0.25) is 0 Å². The summed E-state index contributed by atoms with van der Waals surface area (Å²) in [6.45, 7) is 0. The van der Waals surface area contributed by atoms with Crippen LogP contribution in [0.4, 0.5) is 24.9 Å². The number of nitrogens with one attached hydrogen (secondary N) is 1. The number of aryl methyl sites for hydroxylation is 1. The Bertz CT molecular complexity index is 1500. The van der Waals surface area contributed by atoms with E-state index in [0.717, 1.165) is 0 Å². The van der Waals surface area contributed by atoms with Crippen LogP contribution in [-0.4, -0.2) is 52.8 Å². The van der Waals surface area contributed by atoms with Crippen LogP contribution in [0.15, 0.2) is 61.1 Å². The van der Waals surface area contributed by atoms with Gasteiger partial charge in [-0.25, -0.2) is 9.97 Å². The lowest BCUT2D eigenvalue weighted by atomic mass is 9.94. The van der Waals surface area contributed by atoms with Crippen LogP contribution in [0, 0.1) is 0 Å². The van der Waals surface area contributed by atoms with E-state index in [4.69, 9.17) is 4.74 Å². The van der Waals surface area contributed by atoms with Crippen molar-refractivity contribution in [3.63, 3.8) is 0 Å². The van der Waals surface area contributed by atoms with E-state index >= 15 is 0 Å². The molecule has 184 valence electrons. The van der Waals surface area contributed by atoms with Gasteiger partial charge < -0.3 is 10.1 Å². The number of benzene rings is 1. The minimum Gasteiger partial charge on any atom is -0.497 e. The quantitative estimate of drug-likeness (QED) is 0.362. The number of alkyl halides is 3. The second-order valence-corrected chi connectivity index (χ2v) is 7.93. The average molecular weight is 495 g/mol. The summed E-state index contributed by atoms with van der Waals surface area (Å²) in [5.41, 5.74) is 1.57. The number of nitrogens with zero attached hydrogens (tertiary/aromatic N) is 8. The number of fused-ring (bicyclic) bond motifs is 1. The van der Waals surface area contributed by atoms with Gasteiger partial charge in [0, 0.05) is 31.3 Å². The molecule has 1 N–H and O–H groups in total. The SMILES string of the molecule is COc1ccc(C(Cc2nnc3cc(-c4ccnc(Nc5ccnn5C)n4)cnn23)C(F)(F)F)cc1. The zero-order valence-corrected chi connectivity index (χ0v) is 19.2. The fraction of sp³-hybridized carbons (Fsp3) is 0.217. The van der Waals surface area contributed by atoms with Crippen molar-refractivity contribution in [2.75, 3.05) is 12.4 Å². The van der Waals surface area contributed by atoms with Crippen molar-refractivity contribution >= 4 is 17.4 Å². The smallest absolute Gasteiger partial charge is 0.396 e. The van der Waals surface area contributed by atoms with Gasteiger partial charge in [-0.05, 0) is 29.8 Å². The maximum absolute atomic E-state index is 13.9. The van der Waals surface area contributed by atoms with Crippen LogP contribution >= 0.6 is 0 Å². The molecule has 0 aliphatic rings. The molecule has 4 heterocycles. The Morgan fingerprint density at radius 2 is 1.83 bits per heavy atom. The molecular formula is C23H20F3N9O. The first-order valence-corrected chi connectivity index (χ1v) is 10.8. The Labute approximate surface area is 202 Å². The van der Waals surface area contributed by atoms with Gasteiger partial charge in [-0.2, -0.15) is 27.9 Å². The molecule has 0 fully saturated rings. The molecule has 1 aromatic carbocycles. The number of rotatable bonds is 7. The lowest BCUT2D eigenvalue weighted by molar-refractivity contribution is -0.150. The van der Waals surface area contributed by atoms with Gasteiger partial charge in [0.15, 0.2) is 11.5 Å². The summed E-state index contributed by atoms with van der Waals surface area (Å²) in [4.78, 5) is 8.70. The van der Waals surface area contributed by atoms with E-state index in [9.17, 15) is 13.2 Å². The first-order chi connectivity index (χ1) is 17.3. The lowest BCUT2D eigenvalue weighted by Crippen LogP contribution is -2.24. The third kappa shape index (κ3) is 4.67. The summed E-state index contributed by atoms with van der Waals surface area (Å²) in [6.07, 6.45) is -0.172. The highest BCUT2D eigenvalue weighted by Gasteiger charge is 2.41. The van der Waals surface area contributed by atoms with Crippen LogP contribution in [0.3, 0.4) is 0 Å². The van der Waals surface area contributed by atoms with Crippen LogP contribution in [-0.2, 0) is 13.5 Å². The van der Waals surface area contributed by atoms with E-state index in [1.54, 1.807) is 42.3 Å². The largest absolute Gasteiger partial charge is 0.497 e. The number of anilines is 2. The van der Waals surface area contributed by atoms with Crippen molar-refractivity contribution in [2.24, 2.45) is 7.05 Å². The second-order valence-electron chi connectivity index (χ2n) is 7.93. The predicted molar refractivity (Wildman–Crippen MR) is 124 cm³/mol. The van der Waals surface area contributed by atoms with Gasteiger partial charge in [-0.3, -0.25) is 4.68 Å². The molecule has 5 rings (SSSR count). The second kappa shape index (κ2) is 9.24. The highest BCUT2D eigenvalue weighted by molar-refractivity contribution is 5.64. The Morgan fingerprint density at radius 3 is 2.53 bits per heavy atom. The van der Waals surface area contributed by atoms with Crippen LogP contribution in [0.25, 0.3) is 16.9 Å². The van der Waals surface area contributed by atoms with Crippen LogP contribution < -0.4 is 10.1 Å². The van der Waals surface area contributed by atoms with Crippen molar-refractivity contribution in [3.8, 4) is 17.0 Å². The Balaban J connectivity index is 1.42. The number of halogens is 3. The first kappa shape index (κ1) is 23.2. The zero-order chi connectivity index (χ0) is 25.3. The Hall–Kier alpha value is -4.55.